The fraction of sp³-hybridized carbons (Fsp3) is 0.464. The van der Waals surface area contributed by atoms with Crippen LogP contribution in [0.25, 0.3) is 0 Å². The summed E-state index contributed by atoms with van der Waals surface area (Å²) in [7, 11) is -3.55. The van der Waals surface area contributed by atoms with Crippen LogP contribution in [0.5, 0.6) is 0 Å². The first-order valence-corrected chi connectivity index (χ1v) is 15.4. The number of H-pyrrole nitrogens is 1. The normalized spacial score (nSPS) is 23.2. The standard InChI is InChI=1S/C28H32Cl2N4O4S/c1-28(2,3)39(36,37)16-23(17-7-8-17)34-25(18-9-11-20(29)12-10-18)26(19-5-4-6-21(30)13-19)38-24(27(34)35)14-22-15-31-33-32-22/h4-6,9-13,15,17,23-26H,7-8,14,16H2,1-3H3,(H,31,32,33)/t23-,24-,25-,26-/m1/s1. The number of ether oxygens (including phenoxy) is 1. The van der Waals surface area contributed by atoms with Gasteiger partial charge in [0.25, 0.3) is 5.91 Å². The molecular weight excluding hydrogens is 559 g/mol. The summed E-state index contributed by atoms with van der Waals surface area (Å²) in [6.07, 6.45) is 1.97. The Balaban J connectivity index is 1.66. The molecule has 2 fully saturated rings. The highest BCUT2D eigenvalue weighted by molar-refractivity contribution is 7.92. The monoisotopic (exact) mass is 590 g/mol. The van der Waals surface area contributed by atoms with Gasteiger partial charge in [0.2, 0.25) is 0 Å². The van der Waals surface area contributed by atoms with Crippen LogP contribution in [0.4, 0.5) is 0 Å². The molecule has 5 rings (SSSR count). The van der Waals surface area contributed by atoms with Crippen LogP contribution in [0, 0.1) is 5.92 Å². The van der Waals surface area contributed by atoms with Crippen molar-refractivity contribution < 1.29 is 17.9 Å². The van der Waals surface area contributed by atoms with Crippen LogP contribution in [0.15, 0.2) is 54.7 Å². The van der Waals surface area contributed by atoms with Crippen molar-refractivity contribution in [2.24, 2.45) is 5.92 Å². The van der Waals surface area contributed by atoms with Gasteiger partial charge in [-0.1, -0.05) is 47.5 Å². The molecule has 39 heavy (non-hydrogen) atoms. The van der Waals surface area contributed by atoms with Crippen LogP contribution < -0.4 is 0 Å². The van der Waals surface area contributed by atoms with Crippen molar-refractivity contribution >= 4 is 38.9 Å². The molecule has 1 saturated heterocycles. The number of morpholine rings is 1. The van der Waals surface area contributed by atoms with Crippen molar-refractivity contribution in [1.29, 1.82) is 0 Å². The van der Waals surface area contributed by atoms with Gasteiger partial charge in [0.15, 0.2) is 9.84 Å². The van der Waals surface area contributed by atoms with Crippen molar-refractivity contribution in [3.63, 3.8) is 0 Å². The summed E-state index contributed by atoms with van der Waals surface area (Å²) < 4.78 is 32.7. The maximum Gasteiger partial charge on any atom is 0.253 e. The van der Waals surface area contributed by atoms with Gasteiger partial charge in [-0.3, -0.25) is 4.79 Å². The minimum atomic E-state index is -3.55. The average molecular weight is 592 g/mol. The van der Waals surface area contributed by atoms with E-state index in [1.165, 1.54) is 0 Å². The van der Waals surface area contributed by atoms with Crippen molar-refractivity contribution in [3.05, 3.63) is 81.6 Å². The maximum atomic E-state index is 14.4. The fourth-order valence-corrected chi connectivity index (χ4v) is 6.82. The number of amides is 1. The Labute approximate surface area is 238 Å². The Bertz CT molecular complexity index is 1420. The number of benzene rings is 2. The number of sulfone groups is 1. The molecule has 8 nitrogen and oxygen atoms in total. The average Bonchev–Trinajstić information content (AvgIpc) is 3.59. The van der Waals surface area contributed by atoms with E-state index in [2.05, 4.69) is 15.4 Å². The smallest absolute Gasteiger partial charge is 0.253 e. The lowest BCUT2D eigenvalue weighted by Gasteiger charge is -2.48. The predicted molar refractivity (Wildman–Crippen MR) is 150 cm³/mol. The molecule has 2 aliphatic rings. The molecule has 3 aromatic rings. The van der Waals surface area contributed by atoms with Crippen LogP contribution in [-0.2, 0) is 25.8 Å². The van der Waals surface area contributed by atoms with E-state index < -0.39 is 38.9 Å². The molecule has 0 spiro atoms. The van der Waals surface area contributed by atoms with E-state index in [0.29, 0.717) is 15.7 Å². The predicted octanol–water partition coefficient (Wildman–Crippen LogP) is 5.36. The quantitative estimate of drug-likeness (QED) is 0.379. The third kappa shape index (κ3) is 6.01. The molecule has 0 bridgehead atoms. The molecule has 4 atom stereocenters. The lowest BCUT2D eigenvalue weighted by molar-refractivity contribution is -0.179. The summed E-state index contributed by atoms with van der Waals surface area (Å²) >= 11 is 12.6. The molecule has 1 aliphatic heterocycles. The number of hydrogen-bond donors (Lipinski definition) is 1. The van der Waals surface area contributed by atoms with Crippen molar-refractivity contribution in [3.8, 4) is 0 Å². The number of carbonyl (C=O) groups is 1. The first kappa shape index (κ1) is 28.1. The van der Waals surface area contributed by atoms with E-state index in [1.54, 1.807) is 50.1 Å². The van der Waals surface area contributed by atoms with Gasteiger partial charge in [-0.25, -0.2) is 8.42 Å². The van der Waals surface area contributed by atoms with Gasteiger partial charge < -0.3 is 9.64 Å². The Hall–Kier alpha value is -2.46. The Morgan fingerprint density at radius 2 is 1.79 bits per heavy atom. The van der Waals surface area contributed by atoms with Gasteiger partial charge in [0, 0.05) is 22.5 Å². The number of aromatic nitrogens is 3. The minimum absolute atomic E-state index is 0.0756. The van der Waals surface area contributed by atoms with Gasteiger partial charge in [-0.15, -0.1) is 0 Å². The highest BCUT2D eigenvalue weighted by Crippen LogP contribution is 2.48. The SMILES string of the molecule is CC(C)(C)S(=O)(=O)C[C@H](C1CC1)N1C(=O)[C@@H](Cc2cn[nH]n2)O[C@H](c2cccc(Cl)c2)[C@H]1c1ccc(Cl)cc1. The van der Waals surface area contributed by atoms with Gasteiger partial charge in [-0.05, 0) is 74.9 Å². The molecule has 1 N–H and O–H groups in total. The van der Waals surface area contributed by atoms with E-state index in [0.717, 1.165) is 24.0 Å². The molecule has 208 valence electrons. The van der Waals surface area contributed by atoms with Gasteiger partial charge >= 0.3 is 0 Å². The van der Waals surface area contributed by atoms with E-state index in [-0.39, 0.29) is 24.0 Å². The van der Waals surface area contributed by atoms with Crippen LogP contribution in [0.1, 0.15) is 62.6 Å². The maximum absolute atomic E-state index is 14.4. The molecule has 1 aliphatic carbocycles. The first-order chi connectivity index (χ1) is 18.4. The Morgan fingerprint density at radius 3 is 2.38 bits per heavy atom. The molecule has 2 heterocycles. The highest BCUT2D eigenvalue weighted by Gasteiger charge is 2.52. The number of nitrogens with zero attached hydrogens (tertiary/aromatic N) is 3. The molecule has 2 aromatic carbocycles. The molecule has 11 heteroatoms. The second kappa shape index (κ2) is 10.8. The summed E-state index contributed by atoms with van der Waals surface area (Å²) in [5.41, 5.74) is 2.17. The lowest BCUT2D eigenvalue weighted by Crippen LogP contribution is -2.58. The van der Waals surface area contributed by atoms with Gasteiger partial charge in [0.05, 0.1) is 28.4 Å². The van der Waals surface area contributed by atoms with E-state index in [1.807, 2.05) is 30.3 Å². The third-order valence-electron chi connectivity index (χ3n) is 7.52. The molecule has 0 radical (unpaired) electrons. The van der Waals surface area contributed by atoms with Gasteiger partial charge in [-0.2, -0.15) is 15.4 Å². The molecule has 1 amide bonds. The van der Waals surface area contributed by atoms with Crippen LogP contribution >= 0.6 is 23.2 Å². The number of hydrogen-bond acceptors (Lipinski definition) is 6. The van der Waals surface area contributed by atoms with Crippen molar-refractivity contribution in [2.45, 2.75) is 69.1 Å². The topological polar surface area (TPSA) is 105 Å². The Kier molecular flexibility index (Phi) is 7.81. The lowest BCUT2D eigenvalue weighted by atomic mass is 9.89. The zero-order chi connectivity index (χ0) is 27.9. The summed E-state index contributed by atoms with van der Waals surface area (Å²) in [4.78, 5) is 16.1. The largest absolute Gasteiger partial charge is 0.358 e. The minimum Gasteiger partial charge on any atom is -0.358 e. The second-order valence-electron chi connectivity index (χ2n) is 11.3. The van der Waals surface area contributed by atoms with Crippen LogP contribution in [-0.4, -0.2) is 57.3 Å². The summed E-state index contributed by atoms with van der Waals surface area (Å²) in [6.45, 7) is 5.10. The number of rotatable bonds is 8. The van der Waals surface area contributed by atoms with Crippen molar-refractivity contribution in [2.75, 3.05) is 5.75 Å². The van der Waals surface area contributed by atoms with E-state index in [4.69, 9.17) is 27.9 Å². The molecule has 0 unspecified atom stereocenters. The van der Waals surface area contributed by atoms with Crippen LogP contribution in [0.2, 0.25) is 10.0 Å². The molecule has 1 saturated carbocycles. The van der Waals surface area contributed by atoms with Gasteiger partial charge in [0.1, 0.15) is 12.2 Å². The molecular formula is C28H32Cl2N4O4S. The zero-order valence-corrected chi connectivity index (χ0v) is 24.4. The van der Waals surface area contributed by atoms with Crippen molar-refractivity contribution in [1.82, 2.24) is 20.3 Å². The fourth-order valence-electron chi connectivity index (χ4n) is 5.12. The number of aromatic amines is 1. The second-order valence-corrected chi connectivity index (χ2v) is 15.0. The van der Waals surface area contributed by atoms with Crippen LogP contribution in [0.3, 0.4) is 0 Å². The number of nitrogens with one attached hydrogen (secondary N) is 1. The summed E-state index contributed by atoms with van der Waals surface area (Å²) in [5.74, 6) is -0.320. The van der Waals surface area contributed by atoms with E-state index in [9.17, 15) is 13.2 Å². The third-order valence-corrected chi connectivity index (χ3v) is 10.7. The summed E-state index contributed by atoms with van der Waals surface area (Å²) in [6, 6.07) is 13.5. The number of carbonyl (C=O) groups excluding carboxylic acids is 1. The number of halogens is 2. The summed E-state index contributed by atoms with van der Waals surface area (Å²) in [5, 5.41) is 11.7. The zero-order valence-electron chi connectivity index (χ0n) is 22.1. The first-order valence-electron chi connectivity index (χ1n) is 13.0. The molecule has 1 aromatic heterocycles. The Morgan fingerprint density at radius 1 is 1.08 bits per heavy atom. The highest BCUT2D eigenvalue weighted by atomic mass is 35.5. The van der Waals surface area contributed by atoms with E-state index >= 15 is 0 Å².